The van der Waals surface area contributed by atoms with Gasteiger partial charge in [-0.2, -0.15) is 0 Å². The molecule has 0 saturated heterocycles. The van der Waals surface area contributed by atoms with Crippen LogP contribution < -0.4 is 0 Å². The van der Waals surface area contributed by atoms with Crippen molar-refractivity contribution < 1.29 is 0 Å². The van der Waals surface area contributed by atoms with Crippen molar-refractivity contribution in [1.82, 2.24) is 4.98 Å². The molecule has 0 fully saturated rings. The Morgan fingerprint density at radius 3 is 2.53 bits per heavy atom. The average Bonchev–Trinajstić information content (AvgIpc) is 2.39. The molecular formula is C16H13N. The zero-order valence-electron chi connectivity index (χ0n) is 9.72. The predicted octanol–water partition coefficient (Wildman–Crippen LogP) is 4.21. The summed E-state index contributed by atoms with van der Waals surface area (Å²) < 4.78 is 0. The molecule has 0 bridgehead atoms. The molecule has 0 aliphatic heterocycles. The van der Waals surface area contributed by atoms with E-state index in [1.54, 1.807) is 0 Å². The quantitative estimate of drug-likeness (QED) is 0.597. The van der Waals surface area contributed by atoms with Gasteiger partial charge in [-0.05, 0) is 35.7 Å². The first-order valence-electron chi connectivity index (χ1n) is 5.75. The maximum Gasteiger partial charge on any atom is 0.0710 e. The molecule has 1 nitrogen and oxygen atoms in total. The number of aryl methyl sites for hydroxylation is 1. The molecular weight excluding hydrogens is 206 g/mol. The second-order valence-corrected chi connectivity index (χ2v) is 4.25. The molecule has 82 valence electrons. The van der Waals surface area contributed by atoms with Crippen LogP contribution in [0.25, 0.3) is 22.0 Å². The maximum atomic E-state index is 4.43. The molecule has 3 aromatic rings. The van der Waals surface area contributed by atoms with E-state index in [9.17, 15) is 0 Å². The highest BCUT2D eigenvalue weighted by atomic mass is 14.6. The Morgan fingerprint density at radius 1 is 0.882 bits per heavy atom. The monoisotopic (exact) mass is 219 g/mol. The largest absolute Gasteiger partial charge is 0.256 e. The molecule has 0 saturated carbocycles. The summed E-state index contributed by atoms with van der Waals surface area (Å²) in [6, 6.07) is 18.9. The standard InChI is InChI=1S/C16H13N/c1-12-7-8-15-14(9-10-17-16(15)11-12)13-5-3-2-4-6-13/h2-11H,1H3. The summed E-state index contributed by atoms with van der Waals surface area (Å²) in [5.41, 5.74) is 4.79. The van der Waals surface area contributed by atoms with Gasteiger partial charge in [0.1, 0.15) is 0 Å². The number of nitrogens with zero attached hydrogens (tertiary/aromatic N) is 1. The van der Waals surface area contributed by atoms with Crippen molar-refractivity contribution in [1.29, 1.82) is 0 Å². The van der Waals surface area contributed by atoms with E-state index in [-0.39, 0.29) is 0 Å². The first-order chi connectivity index (χ1) is 8.34. The zero-order chi connectivity index (χ0) is 11.7. The van der Waals surface area contributed by atoms with Crippen LogP contribution in [0.5, 0.6) is 0 Å². The Labute approximate surface area is 101 Å². The van der Waals surface area contributed by atoms with E-state index < -0.39 is 0 Å². The van der Waals surface area contributed by atoms with Gasteiger partial charge in [-0.15, -0.1) is 0 Å². The number of benzene rings is 2. The van der Waals surface area contributed by atoms with Crippen molar-refractivity contribution in [2.75, 3.05) is 0 Å². The lowest BCUT2D eigenvalue weighted by molar-refractivity contribution is 1.39. The van der Waals surface area contributed by atoms with Crippen LogP contribution >= 0.6 is 0 Å². The van der Waals surface area contributed by atoms with Crippen LogP contribution in [0.3, 0.4) is 0 Å². The number of pyridine rings is 1. The molecule has 1 heterocycles. The molecule has 1 heteroatoms. The lowest BCUT2D eigenvalue weighted by Gasteiger charge is -2.06. The van der Waals surface area contributed by atoms with Crippen LogP contribution in [0, 0.1) is 6.92 Å². The van der Waals surface area contributed by atoms with Crippen LogP contribution in [0.1, 0.15) is 5.56 Å². The third kappa shape index (κ3) is 1.80. The van der Waals surface area contributed by atoms with Crippen molar-refractivity contribution >= 4 is 10.9 Å². The fourth-order valence-corrected chi connectivity index (χ4v) is 2.13. The summed E-state index contributed by atoms with van der Waals surface area (Å²) in [4.78, 5) is 4.43. The van der Waals surface area contributed by atoms with Crippen molar-refractivity contribution in [2.45, 2.75) is 6.92 Å². The highest BCUT2D eigenvalue weighted by Gasteiger charge is 2.03. The molecule has 0 spiro atoms. The van der Waals surface area contributed by atoms with Gasteiger partial charge < -0.3 is 0 Å². The zero-order valence-corrected chi connectivity index (χ0v) is 9.72. The molecule has 0 amide bonds. The van der Waals surface area contributed by atoms with Crippen LogP contribution in [-0.2, 0) is 0 Å². The van der Waals surface area contributed by atoms with Gasteiger partial charge in [0.2, 0.25) is 0 Å². The van der Waals surface area contributed by atoms with Gasteiger partial charge >= 0.3 is 0 Å². The summed E-state index contributed by atoms with van der Waals surface area (Å²) in [5.74, 6) is 0. The summed E-state index contributed by atoms with van der Waals surface area (Å²) in [6.07, 6.45) is 1.88. The summed E-state index contributed by atoms with van der Waals surface area (Å²) >= 11 is 0. The van der Waals surface area contributed by atoms with E-state index in [0.29, 0.717) is 0 Å². The third-order valence-corrected chi connectivity index (χ3v) is 2.98. The van der Waals surface area contributed by atoms with Gasteiger partial charge in [0.05, 0.1) is 5.52 Å². The highest BCUT2D eigenvalue weighted by Crippen LogP contribution is 2.27. The first kappa shape index (κ1) is 10.0. The second kappa shape index (κ2) is 4.02. The van der Waals surface area contributed by atoms with E-state index in [1.807, 2.05) is 12.3 Å². The SMILES string of the molecule is Cc1ccc2c(-c3ccccc3)ccnc2c1. The Hall–Kier alpha value is -2.15. The molecule has 0 atom stereocenters. The second-order valence-electron chi connectivity index (χ2n) is 4.25. The Balaban J connectivity index is 2.31. The van der Waals surface area contributed by atoms with Crippen molar-refractivity contribution in [3.8, 4) is 11.1 Å². The van der Waals surface area contributed by atoms with Gasteiger partial charge in [0.25, 0.3) is 0 Å². The van der Waals surface area contributed by atoms with Crippen LogP contribution in [0.15, 0.2) is 60.8 Å². The Bertz CT molecular complexity index is 657. The molecule has 0 unspecified atom stereocenters. The summed E-state index contributed by atoms with van der Waals surface area (Å²) in [5, 5.41) is 1.21. The van der Waals surface area contributed by atoms with Gasteiger partial charge in [-0.3, -0.25) is 4.98 Å². The minimum atomic E-state index is 1.06. The van der Waals surface area contributed by atoms with Gasteiger partial charge in [0.15, 0.2) is 0 Å². The third-order valence-electron chi connectivity index (χ3n) is 2.98. The number of rotatable bonds is 1. The van der Waals surface area contributed by atoms with Gasteiger partial charge in [0, 0.05) is 11.6 Å². The van der Waals surface area contributed by atoms with Crippen LogP contribution in [-0.4, -0.2) is 4.98 Å². The fourth-order valence-electron chi connectivity index (χ4n) is 2.13. The van der Waals surface area contributed by atoms with Gasteiger partial charge in [-0.1, -0.05) is 42.5 Å². The van der Waals surface area contributed by atoms with Crippen molar-refractivity contribution in [3.63, 3.8) is 0 Å². The number of aromatic nitrogens is 1. The van der Waals surface area contributed by atoms with Crippen LogP contribution in [0.2, 0.25) is 0 Å². The lowest BCUT2D eigenvalue weighted by Crippen LogP contribution is -1.84. The van der Waals surface area contributed by atoms with E-state index in [4.69, 9.17) is 0 Å². The molecule has 0 N–H and O–H groups in total. The Morgan fingerprint density at radius 2 is 1.71 bits per heavy atom. The average molecular weight is 219 g/mol. The molecule has 17 heavy (non-hydrogen) atoms. The summed E-state index contributed by atoms with van der Waals surface area (Å²) in [6.45, 7) is 2.09. The highest BCUT2D eigenvalue weighted by molar-refractivity contribution is 5.94. The molecule has 0 radical (unpaired) electrons. The Kier molecular flexibility index (Phi) is 2.37. The molecule has 3 rings (SSSR count). The summed E-state index contributed by atoms with van der Waals surface area (Å²) in [7, 11) is 0. The first-order valence-corrected chi connectivity index (χ1v) is 5.75. The predicted molar refractivity (Wildman–Crippen MR) is 71.9 cm³/mol. The minimum absolute atomic E-state index is 1.06. The van der Waals surface area contributed by atoms with Gasteiger partial charge in [-0.25, -0.2) is 0 Å². The number of hydrogen-bond acceptors (Lipinski definition) is 1. The normalized spacial score (nSPS) is 10.6. The van der Waals surface area contributed by atoms with E-state index in [0.717, 1.165) is 5.52 Å². The molecule has 2 aromatic carbocycles. The number of fused-ring (bicyclic) bond motifs is 1. The van der Waals surface area contributed by atoms with Crippen molar-refractivity contribution in [2.24, 2.45) is 0 Å². The molecule has 0 aliphatic rings. The number of hydrogen-bond donors (Lipinski definition) is 0. The lowest BCUT2D eigenvalue weighted by atomic mass is 10.0. The minimum Gasteiger partial charge on any atom is -0.256 e. The van der Waals surface area contributed by atoms with E-state index in [2.05, 4.69) is 60.4 Å². The fraction of sp³-hybridized carbons (Fsp3) is 0.0625. The molecule has 0 aliphatic carbocycles. The van der Waals surface area contributed by atoms with E-state index in [1.165, 1.54) is 22.1 Å². The molecule has 1 aromatic heterocycles. The van der Waals surface area contributed by atoms with E-state index >= 15 is 0 Å². The topological polar surface area (TPSA) is 12.9 Å². The maximum absolute atomic E-state index is 4.43. The van der Waals surface area contributed by atoms with Crippen LogP contribution in [0.4, 0.5) is 0 Å². The smallest absolute Gasteiger partial charge is 0.0710 e. The van der Waals surface area contributed by atoms with Crippen molar-refractivity contribution in [3.05, 3.63) is 66.4 Å².